The van der Waals surface area contributed by atoms with Crippen molar-refractivity contribution in [2.75, 3.05) is 0 Å². The normalized spacial score (nSPS) is 11.2. The Morgan fingerprint density at radius 3 is 2.56 bits per heavy atom. The number of hydrogen-bond acceptors (Lipinski definition) is 4. The van der Waals surface area contributed by atoms with Crippen LogP contribution >= 0.6 is 27.3 Å². The number of halogens is 1. The number of esters is 1. The number of rotatable bonds is 4. The highest BCUT2D eigenvalue weighted by Crippen LogP contribution is 2.26. The van der Waals surface area contributed by atoms with Gasteiger partial charge >= 0.3 is 5.97 Å². The Morgan fingerprint density at radius 1 is 1.44 bits per heavy atom. The molecule has 0 aliphatic rings. The summed E-state index contributed by atoms with van der Waals surface area (Å²) in [6.45, 7) is 7.90. The number of carbonyl (C=O) groups is 1. The van der Waals surface area contributed by atoms with E-state index in [0.717, 1.165) is 15.2 Å². The minimum atomic E-state index is -0.326. The Morgan fingerprint density at radius 2 is 2.06 bits per heavy atom. The van der Waals surface area contributed by atoms with Crippen LogP contribution in [-0.2, 0) is 11.2 Å². The molecule has 0 fully saturated rings. The number of aromatic nitrogens is 1. The first-order valence-electron chi connectivity index (χ1n) is 5.26. The zero-order valence-electron chi connectivity index (χ0n) is 9.91. The van der Waals surface area contributed by atoms with Crippen LogP contribution in [0.25, 0.3) is 0 Å². The average molecular weight is 306 g/mol. The zero-order valence-corrected chi connectivity index (χ0v) is 12.3. The lowest BCUT2D eigenvalue weighted by atomic mass is 10.1. The predicted octanol–water partition coefficient (Wildman–Crippen LogP) is 3.67. The molecule has 0 N–H and O–H groups in total. The number of thiazole rings is 1. The zero-order chi connectivity index (χ0) is 12.3. The SMILES string of the molecule is CC(C)Cc1sc(Br)nc1C(=O)OC(C)C. The fourth-order valence-electron chi connectivity index (χ4n) is 1.26. The molecule has 0 saturated carbocycles. The molecule has 5 heteroatoms. The van der Waals surface area contributed by atoms with Crippen LogP contribution in [0.3, 0.4) is 0 Å². The maximum Gasteiger partial charge on any atom is 0.358 e. The molecule has 0 saturated heterocycles. The third-order valence-electron chi connectivity index (χ3n) is 1.80. The van der Waals surface area contributed by atoms with E-state index in [1.165, 1.54) is 11.3 Å². The minimum Gasteiger partial charge on any atom is -0.458 e. The molecule has 1 aromatic rings. The van der Waals surface area contributed by atoms with E-state index in [9.17, 15) is 4.79 Å². The molecule has 0 amide bonds. The van der Waals surface area contributed by atoms with Crippen LogP contribution in [0.15, 0.2) is 3.92 Å². The van der Waals surface area contributed by atoms with Crippen molar-refractivity contribution in [3.63, 3.8) is 0 Å². The van der Waals surface area contributed by atoms with E-state index >= 15 is 0 Å². The average Bonchev–Trinajstić information content (AvgIpc) is 2.44. The quantitative estimate of drug-likeness (QED) is 0.797. The van der Waals surface area contributed by atoms with Crippen molar-refractivity contribution < 1.29 is 9.53 Å². The highest BCUT2D eigenvalue weighted by atomic mass is 79.9. The van der Waals surface area contributed by atoms with E-state index in [2.05, 4.69) is 34.8 Å². The Labute approximate surface area is 108 Å². The van der Waals surface area contributed by atoms with Crippen LogP contribution < -0.4 is 0 Å². The lowest BCUT2D eigenvalue weighted by Gasteiger charge is -2.08. The van der Waals surface area contributed by atoms with E-state index in [0.29, 0.717) is 11.6 Å². The van der Waals surface area contributed by atoms with Crippen LogP contribution in [-0.4, -0.2) is 17.1 Å². The molecule has 0 aliphatic heterocycles. The maximum absolute atomic E-state index is 11.8. The van der Waals surface area contributed by atoms with Gasteiger partial charge < -0.3 is 4.74 Å². The summed E-state index contributed by atoms with van der Waals surface area (Å²) in [5.74, 6) is 0.172. The second-order valence-electron chi connectivity index (χ2n) is 4.29. The molecule has 1 heterocycles. The van der Waals surface area contributed by atoms with Crippen LogP contribution in [0.2, 0.25) is 0 Å². The van der Waals surface area contributed by atoms with Gasteiger partial charge in [0.1, 0.15) is 0 Å². The molecule has 1 aromatic heterocycles. The van der Waals surface area contributed by atoms with Gasteiger partial charge in [0.25, 0.3) is 0 Å². The molecular weight excluding hydrogens is 290 g/mol. The molecule has 0 radical (unpaired) electrons. The van der Waals surface area contributed by atoms with E-state index in [1.54, 1.807) is 0 Å². The monoisotopic (exact) mass is 305 g/mol. The largest absolute Gasteiger partial charge is 0.458 e. The minimum absolute atomic E-state index is 0.111. The third kappa shape index (κ3) is 3.87. The molecule has 0 aromatic carbocycles. The van der Waals surface area contributed by atoms with Crippen molar-refractivity contribution in [1.82, 2.24) is 4.98 Å². The molecule has 90 valence electrons. The Kier molecular flexibility index (Phi) is 4.92. The van der Waals surface area contributed by atoms with Gasteiger partial charge in [0.2, 0.25) is 0 Å². The van der Waals surface area contributed by atoms with E-state index in [4.69, 9.17) is 4.74 Å². The van der Waals surface area contributed by atoms with Crippen LogP contribution in [0.5, 0.6) is 0 Å². The second-order valence-corrected chi connectivity index (χ2v) is 6.65. The van der Waals surface area contributed by atoms with Crippen molar-refractivity contribution in [3.05, 3.63) is 14.5 Å². The Hall–Kier alpha value is -0.420. The molecule has 1 rings (SSSR count). The lowest BCUT2D eigenvalue weighted by Crippen LogP contribution is -2.14. The van der Waals surface area contributed by atoms with Crippen molar-refractivity contribution in [2.45, 2.75) is 40.2 Å². The predicted molar refractivity (Wildman–Crippen MR) is 68.9 cm³/mol. The number of hydrogen-bond donors (Lipinski definition) is 0. The second kappa shape index (κ2) is 5.77. The molecule has 0 aliphatic carbocycles. The standard InChI is InChI=1S/C11H16BrNO2S/c1-6(2)5-8-9(13-11(12)16-8)10(14)15-7(3)4/h6-7H,5H2,1-4H3. The molecule has 0 atom stereocenters. The summed E-state index contributed by atoms with van der Waals surface area (Å²) in [6, 6.07) is 0. The van der Waals surface area contributed by atoms with Crippen LogP contribution in [0, 0.1) is 5.92 Å². The van der Waals surface area contributed by atoms with Gasteiger partial charge in [-0.3, -0.25) is 0 Å². The summed E-state index contributed by atoms with van der Waals surface area (Å²) >= 11 is 4.81. The fourth-order valence-corrected chi connectivity index (χ4v) is 3.01. The van der Waals surface area contributed by atoms with Crippen LogP contribution in [0.1, 0.15) is 43.1 Å². The van der Waals surface area contributed by atoms with E-state index in [-0.39, 0.29) is 12.1 Å². The van der Waals surface area contributed by atoms with Gasteiger partial charge in [-0.2, -0.15) is 0 Å². The Bertz CT molecular complexity index is 374. The molecule has 0 spiro atoms. The van der Waals surface area contributed by atoms with Crippen molar-refractivity contribution in [1.29, 1.82) is 0 Å². The van der Waals surface area contributed by atoms with E-state index < -0.39 is 0 Å². The highest BCUT2D eigenvalue weighted by molar-refractivity contribution is 9.11. The molecule has 16 heavy (non-hydrogen) atoms. The van der Waals surface area contributed by atoms with Crippen LogP contribution in [0.4, 0.5) is 0 Å². The van der Waals surface area contributed by atoms with Gasteiger partial charge in [-0.25, -0.2) is 9.78 Å². The van der Waals surface area contributed by atoms with Crippen molar-refractivity contribution in [2.24, 2.45) is 5.92 Å². The van der Waals surface area contributed by atoms with Gasteiger partial charge in [-0.1, -0.05) is 13.8 Å². The number of ether oxygens (including phenoxy) is 1. The maximum atomic E-state index is 11.8. The van der Waals surface area contributed by atoms with Gasteiger partial charge in [0.15, 0.2) is 9.61 Å². The summed E-state index contributed by atoms with van der Waals surface area (Å²) in [5.41, 5.74) is 0.458. The summed E-state index contributed by atoms with van der Waals surface area (Å²) in [6.07, 6.45) is 0.742. The smallest absolute Gasteiger partial charge is 0.358 e. The van der Waals surface area contributed by atoms with Crippen molar-refractivity contribution >= 4 is 33.2 Å². The molecule has 3 nitrogen and oxygen atoms in total. The summed E-state index contributed by atoms with van der Waals surface area (Å²) in [5, 5.41) is 0. The number of carbonyl (C=O) groups excluding carboxylic acids is 1. The molecular formula is C11H16BrNO2S. The lowest BCUT2D eigenvalue weighted by molar-refractivity contribution is 0.0370. The summed E-state index contributed by atoms with van der Waals surface area (Å²) < 4.78 is 5.89. The van der Waals surface area contributed by atoms with Gasteiger partial charge in [-0.15, -0.1) is 11.3 Å². The fraction of sp³-hybridized carbons (Fsp3) is 0.636. The highest BCUT2D eigenvalue weighted by Gasteiger charge is 2.20. The topological polar surface area (TPSA) is 39.2 Å². The first kappa shape index (κ1) is 13.6. The van der Waals surface area contributed by atoms with E-state index in [1.807, 2.05) is 13.8 Å². The first-order valence-corrected chi connectivity index (χ1v) is 6.87. The Balaban J connectivity index is 2.89. The number of nitrogens with zero attached hydrogens (tertiary/aromatic N) is 1. The summed E-state index contributed by atoms with van der Waals surface area (Å²) in [4.78, 5) is 16.9. The van der Waals surface area contributed by atoms with Gasteiger partial charge in [0.05, 0.1) is 6.10 Å². The van der Waals surface area contributed by atoms with Gasteiger partial charge in [0, 0.05) is 4.88 Å². The third-order valence-corrected chi connectivity index (χ3v) is 3.33. The van der Waals surface area contributed by atoms with Gasteiger partial charge in [-0.05, 0) is 42.1 Å². The van der Waals surface area contributed by atoms with Crippen molar-refractivity contribution in [3.8, 4) is 0 Å². The molecule has 0 unspecified atom stereocenters. The summed E-state index contributed by atoms with van der Waals surface area (Å²) in [7, 11) is 0. The molecule has 0 bridgehead atoms. The first-order chi connectivity index (χ1) is 7.40.